The van der Waals surface area contributed by atoms with Gasteiger partial charge in [0.05, 0.1) is 40.1 Å². The standard InChI is InChI=1S/C25H20ClN5O5S/c26-18-7-5-15(24-27-19-3-1-2-4-22(19)36-24)13-20(18)28-25(37)29-23(32)17-14-16(31(33)34)6-8-21(17)30-9-11-35-12-10-30/h1-8,13-14H,9-12H2,(H2,28,29,32,37). The van der Waals surface area contributed by atoms with Gasteiger partial charge in [-0.05, 0) is 48.6 Å². The van der Waals surface area contributed by atoms with Crippen LogP contribution in [0.25, 0.3) is 22.6 Å². The van der Waals surface area contributed by atoms with Gasteiger partial charge in [0.15, 0.2) is 10.7 Å². The van der Waals surface area contributed by atoms with Crippen LogP contribution in [-0.4, -0.2) is 47.2 Å². The lowest BCUT2D eigenvalue weighted by molar-refractivity contribution is -0.384. The van der Waals surface area contributed by atoms with E-state index < -0.39 is 10.8 Å². The van der Waals surface area contributed by atoms with Crippen molar-refractivity contribution in [3.63, 3.8) is 0 Å². The molecule has 188 valence electrons. The van der Waals surface area contributed by atoms with Crippen molar-refractivity contribution in [1.29, 1.82) is 0 Å². The summed E-state index contributed by atoms with van der Waals surface area (Å²) in [6.45, 7) is 2.10. The van der Waals surface area contributed by atoms with Crippen molar-refractivity contribution in [2.75, 3.05) is 36.5 Å². The topological polar surface area (TPSA) is 123 Å². The molecule has 1 amide bonds. The molecule has 0 spiro atoms. The second-order valence-electron chi connectivity index (χ2n) is 8.15. The van der Waals surface area contributed by atoms with Gasteiger partial charge in [0.2, 0.25) is 5.89 Å². The number of fused-ring (bicyclic) bond motifs is 1. The molecule has 1 aliphatic heterocycles. The second-order valence-corrected chi connectivity index (χ2v) is 8.96. The number of para-hydroxylation sites is 2. The molecule has 12 heteroatoms. The minimum absolute atomic E-state index is 0.0268. The van der Waals surface area contributed by atoms with E-state index in [-0.39, 0.29) is 16.4 Å². The third-order valence-corrected chi connectivity index (χ3v) is 6.30. The van der Waals surface area contributed by atoms with Crippen molar-refractivity contribution in [3.05, 3.63) is 81.4 Å². The summed E-state index contributed by atoms with van der Waals surface area (Å²) in [5.41, 5.74) is 2.95. The van der Waals surface area contributed by atoms with Crippen molar-refractivity contribution in [2.45, 2.75) is 0 Å². The Labute approximate surface area is 221 Å². The number of hydrogen-bond donors (Lipinski definition) is 2. The number of aromatic nitrogens is 1. The van der Waals surface area contributed by atoms with Gasteiger partial charge >= 0.3 is 0 Å². The van der Waals surface area contributed by atoms with Gasteiger partial charge in [-0.2, -0.15) is 0 Å². The van der Waals surface area contributed by atoms with E-state index in [0.29, 0.717) is 59.7 Å². The maximum Gasteiger partial charge on any atom is 0.270 e. The van der Waals surface area contributed by atoms with Gasteiger partial charge in [-0.3, -0.25) is 20.2 Å². The van der Waals surface area contributed by atoms with Crippen LogP contribution in [0.1, 0.15) is 10.4 Å². The lowest BCUT2D eigenvalue weighted by Crippen LogP contribution is -2.39. The van der Waals surface area contributed by atoms with E-state index in [1.807, 2.05) is 29.2 Å². The third kappa shape index (κ3) is 5.38. The fourth-order valence-electron chi connectivity index (χ4n) is 3.97. The zero-order chi connectivity index (χ0) is 25.9. The van der Waals surface area contributed by atoms with Crippen molar-refractivity contribution in [3.8, 4) is 11.5 Å². The molecule has 3 aromatic carbocycles. The Hall–Kier alpha value is -4.06. The quantitative estimate of drug-likeness (QED) is 0.205. The highest BCUT2D eigenvalue weighted by molar-refractivity contribution is 7.80. The van der Waals surface area contributed by atoms with Crippen molar-refractivity contribution in [2.24, 2.45) is 0 Å². The number of morpholine rings is 1. The number of halogens is 1. The van der Waals surface area contributed by atoms with Crippen LogP contribution >= 0.6 is 23.8 Å². The van der Waals surface area contributed by atoms with E-state index in [2.05, 4.69) is 15.6 Å². The normalized spacial score (nSPS) is 13.4. The first-order valence-electron chi connectivity index (χ1n) is 11.3. The minimum atomic E-state index is -0.589. The van der Waals surface area contributed by atoms with E-state index in [1.165, 1.54) is 12.1 Å². The highest BCUT2D eigenvalue weighted by Gasteiger charge is 2.23. The number of rotatable bonds is 5. The van der Waals surface area contributed by atoms with E-state index in [4.69, 9.17) is 33.0 Å². The summed E-state index contributed by atoms with van der Waals surface area (Å²) < 4.78 is 11.2. The predicted octanol–water partition coefficient (Wildman–Crippen LogP) is 5.02. The number of nitro benzene ring substituents is 1. The number of ether oxygens (including phenoxy) is 1. The van der Waals surface area contributed by atoms with E-state index in [0.717, 1.165) is 5.52 Å². The molecule has 0 atom stereocenters. The molecule has 37 heavy (non-hydrogen) atoms. The molecule has 1 aliphatic rings. The second kappa shape index (κ2) is 10.5. The Bertz CT molecular complexity index is 1490. The van der Waals surface area contributed by atoms with Crippen molar-refractivity contribution in [1.82, 2.24) is 10.3 Å². The monoisotopic (exact) mass is 537 g/mol. The lowest BCUT2D eigenvalue weighted by atomic mass is 10.1. The van der Waals surface area contributed by atoms with Crippen LogP contribution in [-0.2, 0) is 4.74 Å². The average Bonchev–Trinajstić information content (AvgIpc) is 3.34. The van der Waals surface area contributed by atoms with E-state index >= 15 is 0 Å². The molecule has 5 rings (SSSR count). The molecule has 10 nitrogen and oxygen atoms in total. The number of nitrogens with zero attached hydrogens (tertiary/aromatic N) is 3. The van der Waals surface area contributed by atoms with Crippen LogP contribution in [0.2, 0.25) is 5.02 Å². The van der Waals surface area contributed by atoms with Crippen LogP contribution in [0.3, 0.4) is 0 Å². The molecular weight excluding hydrogens is 518 g/mol. The number of thiocarbonyl (C=S) groups is 1. The van der Waals surface area contributed by atoms with Crippen LogP contribution in [0.4, 0.5) is 17.1 Å². The number of anilines is 2. The Morgan fingerprint density at radius 1 is 1.11 bits per heavy atom. The van der Waals surface area contributed by atoms with Crippen molar-refractivity contribution >= 4 is 63.0 Å². The van der Waals surface area contributed by atoms with Crippen LogP contribution in [0, 0.1) is 10.1 Å². The Morgan fingerprint density at radius 3 is 2.65 bits per heavy atom. The van der Waals surface area contributed by atoms with E-state index in [1.54, 1.807) is 24.3 Å². The molecule has 0 aliphatic carbocycles. The van der Waals surface area contributed by atoms with Gasteiger partial charge in [0.25, 0.3) is 11.6 Å². The first-order chi connectivity index (χ1) is 17.9. The molecule has 1 fully saturated rings. The fraction of sp³-hybridized carbons (Fsp3) is 0.160. The molecule has 4 aromatic rings. The number of hydrogen-bond acceptors (Lipinski definition) is 8. The van der Waals surface area contributed by atoms with Crippen LogP contribution in [0.15, 0.2) is 65.1 Å². The molecule has 0 radical (unpaired) electrons. The number of carbonyl (C=O) groups excluding carboxylic acids is 1. The van der Waals surface area contributed by atoms with E-state index in [9.17, 15) is 14.9 Å². The van der Waals surface area contributed by atoms with Gasteiger partial charge in [-0.25, -0.2) is 4.98 Å². The summed E-state index contributed by atoms with van der Waals surface area (Å²) in [6, 6.07) is 16.7. The maximum absolute atomic E-state index is 13.2. The summed E-state index contributed by atoms with van der Waals surface area (Å²) in [5, 5.41) is 17.2. The summed E-state index contributed by atoms with van der Waals surface area (Å²) in [7, 11) is 0. The molecule has 2 heterocycles. The summed E-state index contributed by atoms with van der Waals surface area (Å²) >= 11 is 11.7. The number of oxazole rings is 1. The highest BCUT2D eigenvalue weighted by atomic mass is 35.5. The first kappa shape index (κ1) is 24.6. The lowest BCUT2D eigenvalue weighted by Gasteiger charge is -2.30. The first-order valence-corrected chi connectivity index (χ1v) is 12.1. The Balaban J connectivity index is 1.36. The van der Waals surface area contributed by atoms with Crippen LogP contribution < -0.4 is 15.5 Å². The Morgan fingerprint density at radius 2 is 1.89 bits per heavy atom. The zero-order valence-corrected chi connectivity index (χ0v) is 20.8. The minimum Gasteiger partial charge on any atom is -0.436 e. The molecule has 0 saturated carbocycles. The average molecular weight is 538 g/mol. The van der Waals surface area contributed by atoms with Gasteiger partial charge in [0, 0.05) is 30.8 Å². The van der Waals surface area contributed by atoms with Gasteiger partial charge < -0.3 is 19.4 Å². The number of nitrogens with one attached hydrogen (secondary N) is 2. The molecule has 1 aromatic heterocycles. The molecular formula is C25H20ClN5O5S. The largest absolute Gasteiger partial charge is 0.436 e. The van der Waals surface area contributed by atoms with Crippen LogP contribution in [0.5, 0.6) is 0 Å². The fourth-order valence-corrected chi connectivity index (χ4v) is 4.34. The van der Waals surface area contributed by atoms with Gasteiger partial charge in [0.1, 0.15) is 5.52 Å². The number of carbonyl (C=O) groups is 1. The number of benzene rings is 3. The number of non-ortho nitro benzene ring substituents is 1. The van der Waals surface area contributed by atoms with Crippen molar-refractivity contribution < 1.29 is 18.9 Å². The Kier molecular flexibility index (Phi) is 6.99. The molecule has 0 unspecified atom stereocenters. The molecule has 1 saturated heterocycles. The number of nitro groups is 1. The summed E-state index contributed by atoms with van der Waals surface area (Å²) in [5.74, 6) is -0.184. The zero-order valence-electron chi connectivity index (χ0n) is 19.3. The highest BCUT2D eigenvalue weighted by Crippen LogP contribution is 2.31. The predicted molar refractivity (Wildman–Crippen MR) is 144 cm³/mol. The summed E-state index contributed by atoms with van der Waals surface area (Å²) in [4.78, 5) is 30.4. The smallest absolute Gasteiger partial charge is 0.270 e. The third-order valence-electron chi connectivity index (χ3n) is 5.77. The summed E-state index contributed by atoms with van der Waals surface area (Å²) in [6.07, 6.45) is 0. The van der Waals surface area contributed by atoms with Gasteiger partial charge in [-0.1, -0.05) is 23.7 Å². The SMILES string of the molecule is O=C(NC(=S)Nc1cc(-c2nc3ccccc3o2)ccc1Cl)c1cc([N+](=O)[O-])ccc1N1CCOCC1. The number of amides is 1. The maximum atomic E-state index is 13.2. The molecule has 0 bridgehead atoms. The molecule has 2 N–H and O–H groups in total. The van der Waals surface area contributed by atoms with Gasteiger partial charge in [-0.15, -0.1) is 0 Å².